The predicted molar refractivity (Wildman–Crippen MR) is 147 cm³/mol. The van der Waals surface area contributed by atoms with Crippen molar-refractivity contribution in [2.24, 2.45) is 0 Å². The molecule has 2 fully saturated rings. The first-order valence-corrected chi connectivity index (χ1v) is 14.1. The fraction of sp³-hybridized carbons (Fsp3) is 0.419. The second-order valence-corrected chi connectivity index (χ2v) is 11.1. The Morgan fingerprint density at radius 3 is 2.23 bits per heavy atom. The van der Waals surface area contributed by atoms with E-state index in [4.69, 9.17) is 0 Å². The van der Waals surface area contributed by atoms with Gasteiger partial charge in [-0.3, -0.25) is 39.2 Å². The number of hydrogen-bond donors (Lipinski definition) is 1. The number of hydrogen-bond acceptors (Lipinski definition) is 6. The molecule has 3 heterocycles. The summed E-state index contributed by atoms with van der Waals surface area (Å²) >= 11 is 0. The zero-order valence-electron chi connectivity index (χ0n) is 22.5. The van der Waals surface area contributed by atoms with Gasteiger partial charge in [0.2, 0.25) is 11.8 Å². The van der Waals surface area contributed by atoms with Gasteiger partial charge in [0.25, 0.3) is 11.8 Å². The molecule has 0 aromatic heterocycles. The number of benzene rings is 2. The molecule has 1 atom stereocenters. The van der Waals surface area contributed by atoms with Gasteiger partial charge in [0.05, 0.1) is 11.1 Å². The van der Waals surface area contributed by atoms with Crippen LogP contribution in [0.15, 0.2) is 48.0 Å². The Bertz CT molecular complexity index is 1390. The topological polar surface area (TPSA) is 90.0 Å². The first-order chi connectivity index (χ1) is 19.4. The maximum atomic E-state index is 13.5. The van der Waals surface area contributed by atoms with Crippen LogP contribution >= 0.6 is 0 Å². The molecule has 0 bridgehead atoms. The third kappa shape index (κ3) is 5.11. The van der Waals surface area contributed by atoms with Gasteiger partial charge in [-0.25, -0.2) is 4.39 Å². The molecule has 2 aromatic rings. The number of nitrogens with one attached hydrogen (secondary N) is 1. The molecule has 208 valence electrons. The van der Waals surface area contributed by atoms with E-state index in [0.717, 1.165) is 68.0 Å². The fourth-order valence-electron chi connectivity index (χ4n) is 6.47. The SMILES string of the molecule is O=C1CCC(N2C(=O)c3cccc(CN4CCN(CC5=C(c6ccc(F)cc6)CCCC5)CC4)c3C2=O)C(=O)N1. The van der Waals surface area contributed by atoms with Crippen LogP contribution in [0.2, 0.25) is 0 Å². The van der Waals surface area contributed by atoms with Gasteiger partial charge < -0.3 is 0 Å². The molecule has 4 aliphatic rings. The molecule has 6 rings (SSSR count). The van der Waals surface area contributed by atoms with Crippen LogP contribution in [0, 0.1) is 5.82 Å². The Hall–Kier alpha value is -3.69. The number of rotatable bonds is 6. The molecule has 8 nitrogen and oxygen atoms in total. The molecule has 2 aromatic carbocycles. The minimum atomic E-state index is -0.963. The van der Waals surface area contributed by atoms with Crippen LogP contribution in [0.1, 0.15) is 70.4 Å². The number of imide groups is 2. The molecule has 3 aliphatic heterocycles. The van der Waals surface area contributed by atoms with Crippen molar-refractivity contribution >= 4 is 29.2 Å². The van der Waals surface area contributed by atoms with Crippen LogP contribution in [0.5, 0.6) is 0 Å². The second kappa shape index (κ2) is 11.1. The lowest BCUT2D eigenvalue weighted by molar-refractivity contribution is -0.136. The molecule has 9 heteroatoms. The minimum absolute atomic E-state index is 0.100. The fourth-order valence-corrected chi connectivity index (χ4v) is 6.47. The van der Waals surface area contributed by atoms with E-state index in [1.807, 2.05) is 18.2 Å². The van der Waals surface area contributed by atoms with E-state index in [9.17, 15) is 23.6 Å². The summed E-state index contributed by atoms with van der Waals surface area (Å²) in [7, 11) is 0. The molecule has 40 heavy (non-hydrogen) atoms. The summed E-state index contributed by atoms with van der Waals surface area (Å²) in [5.74, 6) is -2.12. The van der Waals surface area contributed by atoms with Crippen molar-refractivity contribution in [3.63, 3.8) is 0 Å². The summed E-state index contributed by atoms with van der Waals surface area (Å²) < 4.78 is 13.5. The molecule has 0 radical (unpaired) electrons. The Labute approximate surface area is 232 Å². The van der Waals surface area contributed by atoms with Crippen LogP contribution in [-0.2, 0) is 16.1 Å². The van der Waals surface area contributed by atoms with Gasteiger partial charge in [-0.15, -0.1) is 0 Å². The highest BCUT2D eigenvalue weighted by Crippen LogP contribution is 2.34. The van der Waals surface area contributed by atoms with Crippen LogP contribution < -0.4 is 5.32 Å². The molecule has 4 amide bonds. The second-order valence-electron chi connectivity index (χ2n) is 11.1. The molecule has 1 unspecified atom stereocenters. The lowest BCUT2D eigenvalue weighted by Gasteiger charge is -2.36. The van der Waals surface area contributed by atoms with E-state index in [0.29, 0.717) is 17.7 Å². The maximum Gasteiger partial charge on any atom is 0.262 e. The number of amides is 4. The summed E-state index contributed by atoms with van der Waals surface area (Å²) in [6, 6.07) is 11.2. The van der Waals surface area contributed by atoms with Gasteiger partial charge >= 0.3 is 0 Å². The lowest BCUT2D eigenvalue weighted by Crippen LogP contribution is -2.54. The zero-order valence-corrected chi connectivity index (χ0v) is 22.5. The van der Waals surface area contributed by atoms with Crippen LogP contribution in [0.4, 0.5) is 4.39 Å². The summed E-state index contributed by atoms with van der Waals surface area (Å²) in [5.41, 5.74) is 5.41. The summed E-state index contributed by atoms with van der Waals surface area (Å²) in [6.45, 7) is 4.91. The van der Waals surface area contributed by atoms with Gasteiger partial charge in [0.1, 0.15) is 11.9 Å². The van der Waals surface area contributed by atoms with E-state index < -0.39 is 23.8 Å². The highest BCUT2D eigenvalue weighted by molar-refractivity contribution is 6.24. The average molecular weight is 545 g/mol. The summed E-state index contributed by atoms with van der Waals surface area (Å²) in [5, 5.41) is 2.25. The Kier molecular flexibility index (Phi) is 7.33. The number of piperidine rings is 1. The number of carbonyl (C=O) groups is 4. The largest absolute Gasteiger partial charge is 0.297 e. The standard InChI is InChI=1S/C31H33FN4O4/c32-23-10-8-20(9-11-23)24-6-2-1-4-21(24)18-34-14-16-35(17-15-34)19-22-5-3-7-25-28(22)31(40)36(30(25)39)26-12-13-27(37)33-29(26)38/h3,5,7-11,26H,1-2,4,6,12-19H2,(H,33,37,38). The quantitative estimate of drug-likeness (QED) is 0.561. The van der Waals surface area contributed by atoms with Gasteiger partial charge in [-0.05, 0) is 67.0 Å². The van der Waals surface area contributed by atoms with Crippen molar-refractivity contribution in [3.05, 3.63) is 76.1 Å². The third-order valence-corrected chi connectivity index (χ3v) is 8.60. The first kappa shape index (κ1) is 26.5. The molecule has 1 N–H and O–H groups in total. The van der Waals surface area contributed by atoms with Crippen LogP contribution in [0.3, 0.4) is 0 Å². The molecular formula is C31H33FN4O4. The number of fused-ring (bicyclic) bond motifs is 1. The molecule has 1 aliphatic carbocycles. The Morgan fingerprint density at radius 1 is 0.800 bits per heavy atom. The lowest BCUT2D eigenvalue weighted by atomic mass is 9.87. The van der Waals surface area contributed by atoms with Gasteiger partial charge in [0, 0.05) is 45.7 Å². The van der Waals surface area contributed by atoms with Gasteiger partial charge in [-0.2, -0.15) is 0 Å². The first-order valence-electron chi connectivity index (χ1n) is 14.1. The van der Waals surface area contributed by atoms with Crippen molar-refractivity contribution in [1.82, 2.24) is 20.0 Å². The van der Waals surface area contributed by atoms with Crippen LogP contribution in [0.25, 0.3) is 5.57 Å². The van der Waals surface area contributed by atoms with Gasteiger partial charge in [-0.1, -0.05) is 29.8 Å². The average Bonchev–Trinajstić information content (AvgIpc) is 3.21. The highest BCUT2D eigenvalue weighted by atomic mass is 19.1. The van der Waals surface area contributed by atoms with Crippen molar-refractivity contribution in [2.75, 3.05) is 32.7 Å². The normalized spacial score (nSPS) is 22.6. The summed E-state index contributed by atoms with van der Waals surface area (Å²) in [4.78, 5) is 56.4. The molecular weight excluding hydrogens is 511 g/mol. The van der Waals surface area contributed by atoms with Crippen molar-refractivity contribution in [3.8, 4) is 0 Å². The van der Waals surface area contributed by atoms with E-state index in [1.54, 1.807) is 12.1 Å². The number of carbonyl (C=O) groups excluding carboxylic acids is 4. The predicted octanol–water partition coefficient (Wildman–Crippen LogP) is 3.37. The monoisotopic (exact) mass is 544 g/mol. The van der Waals surface area contributed by atoms with E-state index in [2.05, 4.69) is 15.1 Å². The smallest absolute Gasteiger partial charge is 0.262 e. The van der Waals surface area contributed by atoms with E-state index in [1.165, 1.54) is 29.7 Å². The van der Waals surface area contributed by atoms with E-state index >= 15 is 0 Å². The molecule has 0 spiro atoms. The molecule has 0 saturated carbocycles. The zero-order chi connectivity index (χ0) is 27.8. The highest BCUT2D eigenvalue weighted by Gasteiger charge is 2.45. The van der Waals surface area contributed by atoms with E-state index in [-0.39, 0.29) is 24.6 Å². The maximum absolute atomic E-state index is 13.5. The number of nitrogens with zero attached hydrogens (tertiary/aromatic N) is 3. The third-order valence-electron chi connectivity index (χ3n) is 8.60. The van der Waals surface area contributed by atoms with Crippen molar-refractivity contribution in [1.29, 1.82) is 0 Å². The Balaban J connectivity index is 1.11. The number of halogens is 1. The summed E-state index contributed by atoms with van der Waals surface area (Å²) in [6.07, 6.45) is 4.69. The Morgan fingerprint density at radius 2 is 1.50 bits per heavy atom. The number of piperazine rings is 1. The van der Waals surface area contributed by atoms with Crippen LogP contribution in [-0.4, -0.2) is 77.1 Å². The number of allylic oxidation sites excluding steroid dienone is 1. The van der Waals surface area contributed by atoms with Gasteiger partial charge in [0.15, 0.2) is 0 Å². The molecule has 2 saturated heterocycles. The minimum Gasteiger partial charge on any atom is -0.297 e. The van der Waals surface area contributed by atoms with Crippen molar-refractivity contribution < 1.29 is 23.6 Å². The van der Waals surface area contributed by atoms with Crippen molar-refractivity contribution in [2.45, 2.75) is 51.1 Å².